The molecule has 2 aromatic heterocycles. The molecule has 0 fully saturated rings. The van der Waals surface area contributed by atoms with Crippen LogP contribution in [-0.4, -0.2) is 30.7 Å². The molecule has 0 aliphatic carbocycles. The van der Waals surface area contributed by atoms with Gasteiger partial charge in [-0.1, -0.05) is 70.9 Å². The molecule has 0 radical (unpaired) electrons. The summed E-state index contributed by atoms with van der Waals surface area (Å²) in [5, 5.41) is 16.2. The highest BCUT2D eigenvalue weighted by atomic mass is 35.5. The van der Waals surface area contributed by atoms with Gasteiger partial charge in [-0.25, -0.2) is 9.36 Å². The van der Waals surface area contributed by atoms with Gasteiger partial charge >= 0.3 is 0 Å². The lowest BCUT2D eigenvalue weighted by atomic mass is 10.2. The summed E-state index contributed by atoms with van der Waals surface area (Å²) in [4.78, 5) is 12.4. The predicted octanol–water partition coefficient (Wildman–Crippen LogP) is 4.53. The highest BCUT2D eigenvalue weighted by molar-refractivity contribution is 6.42. The van der Waals surface area contributed by atoms with Crippen molar-refractivity contribution in [2.24, 2.45) is 0 Å². The first kappa shape index (κ1) is 20.8. The van der Waals surface area contributed by atoms with E-state index in [1.807, 2.05) is 42.5 Å². The van der Waals surface area contributed by atoms with Crippen molar-refractivity contribution in [2.75, 3.05) is 5.32 Å². The summed E-state index contributed by atoms with van der Waals surface area (Å²) >= 11 is 12.3. The molecule has 0 bridgehead atoms. The number of hydrogen-bond donors (Lipinski definition) is 1. The lowest BCUT2D eigenvalue weighted by molar-refractivity contribution is -0.111. The zero-order chi connectivity index (χ0) is 21.6. The largest absolute Gasteiger partial charge is 0.307 e. The number of carbonyl (C=O) groups excluding carboxylic acids is 1. The molecule has 2 heterocycles. The summed E-state index contributed by atoms with van der Waals surface area (Å²) in [6.07, 6.45) is 6.40. The van der Waals surface area contributed by atoms with Gasteiger partial charge in [-0.2, -0.15) is 5.10 Å². The van der Waals surface area contributed by atoms with Crippen LogP contribution in [0, 0.1) is 0 Å². The molecule has 0 aliphatic rings. The van der Waals surface area contributed by atoms with E-state index in [2.05, 4.69) is 20.7 Å². The third-order valence-corrected chi connectivity index (χ3v) is 5.33. The average Bonchev–Trinajstić information content (AvgIpc) is 3.40. The highest BCUT2D eigenvalue weighted by Gasteiger charge is 2.10. The summed E-state index contributed by atoms with van der Waals surface area (Å²) in [5.41, 5.74) is 2.51. The van der Waals surface area contributed by atoms with Crippen molar-refractivity contribution in [1.29, 1.82) is 0 Å². The van der Waals surface area contributed by atoms with Crippen LogP contribution in [0.1, 0.15) is 16.8 Å². The highest BCUT2D eigenvalue weighted by Crippen LogP contribution is 2.26. The summed E-state index contributed by atoms with van der Waals surface area (Å²) in [6, 6.07) is 17.1. The van der Waals surface area contributed by atoms with Crippen LogP contribution in [0.4, 0.5) is 5.82 Å². The Morgan fingerprint density at radius 1 is 1.03 bits per heavy atom. The Morgan fingerprint density at radius 3 is 2.71 bits per heavy atom. The van der Waals surface area contributed by atoms with Crippen LogP contribution in [0.3, 0.4) is 0 Å². The first-order valence-electron chi connectivity index (χ1n) is 9.46. The topological polar surface area (TPSA) is 77.6 Å². The molecular formula is C22H18Cl2N6O. The van der Waals surface area contributed by atoms with Gasteiger partial charge < -0.3 is 5.32 Å². The molecular weight excluding hydrogens is 435 g/mol. The number of nitrogens with zero attached hydrogens (tertiary/aromatic N) is 5. The second-order valence-corrected chi connectivity index (χ2v) is 7.52. The average molecular weight is 453 g/mol. The number of rotatable bonds is 7. The Morgan fingerprint density at radius 2 is 1.87 bits per heavy atom. The van der Waals surface area contributed by atoms with Crippen LogP contribution in [0.15, 0.2) is 73.1 Å². The number of amides is 1. The molecule has 0 atom stereocenters. The standard InChI is InChI=1S/C22H18Cl2N6O/c23-19-8-4-7-17(22(19)24)14-30-20(11-12-25-30)26-21(31)10-9-18-15-29(28-27-18)13-16-5-2-1-3-6-16/h1-12,15H,13-14H2,(H,26,31)/b10-9+. The van der Waals surface area contributed by atoms with E-state index in [9.17, 15) is 4.79 Å². The van der Waals surface area contributed by atoms with E-state index in [-0.39, 0.29) is 5.91 Å². The Bertz CT molecular complexity index is 1220. The second kappa shape index (κ2) is 9.59. The number of aromatic nitrogens is 5. The van der Waals surface area contributed by atoms with Crippen LogP contribution in [0.2, 0.25) is 10.0 Å². The summed E-state index contributed by atoms with van der Waals surface area (Å²) in [5.74, 6) is 0.231. The predicted molar refractivity (Wildman–Crippen MR) is 121 cm³/mol. The third kappa shape index (κ3) is 5.39. The fourth-order valence-electron chi connectivity index (χ4n) is 2.96. The van der Waals surface area contributed by atoms with E-state index in [0.717, 1.165) is 11.1 Å². The van der Waals surface area contributed by atoms with Crippen LogP contribution >= 0.6 is 23.2 Å². The van der Waals surface area contributed by atoms with Crippen LogP contribution < -0.4 is 5.32 Å². The minimum absolute atomic E-state index is 0.309. The number of hydrogen-bond acceptors (Lipinski definition) is 4. The molecule has 9 heteroatoms. The fraction of sp³-hybridized carbons (Fsp3) is 0.0909. The maximum Gasteiger partial charge on any atom is 0.249 e. The van der Waals surface area contributed by atoms with Crippen LogP contribution in [-0.2, 0) is 17.9 Å². The summed E-state index contributed by atoms with van der Waals surface area (Å²) < 4.78 is 3.36. The quantitative estimate of drug-likeness (QED) is 0.417. The Labute approximate surface area is 188 Å². The third-order valence-electron chi connectivity index (χ3n) is 4.47. The minimum Gasteiger partial charge on any atom is -0.307 e. The van der Waals surface area contributed by atoms with E-state index in [1.165, 1.54) is 6.08 Å². The number of nitrogens with one attached hydrogen (secondary N) is 1. The molecule has 0 spiro atoms. The Hall–Kier alpha value is -3.42. The van der Waals surface area contributed by atoms with Crippen molar-refractivity contribution in [2.45, 2.75) is 13.1 Å². The molecule has 4 rings (SSSR count). The van der Waals surface area contributed by atoms with Crippen LogP contribution in [0.25, 0.3) is 6.08 Å². The zero-order valence-electron chi connectivity index (χ0n) is 16.3. The molecule has 31 heavy (non-hydrogen) atoms. The van der Waals surface area contributed by atoms with Gasteiger partial charge in [0, 0.05) is 12.1 Å². The van der Waals surface area contributed by atoms with Gasteiger partial charge in [-0.05, 0) is 23.3 Å². The summed E-state index contributed by atoms with van der Waals surface area (Å²) in [7, 11) is 0. The van der Waals surface area contributed by atoms with E-state index in [4.69, 9.17) is 23.2 Å². The molecule has 2 aromatic carbocycles. The maximum absolute atomic E-state index is 12.4. The molecule has 0 aliphatic heterocycles. The monoisotopic (exact) mass is 452 g/mol. The van der Waals surface area contributed by atoms with Gasteiger partial charge in [0.1, 0.15) is 11.5 Å². The van der Waals surface area contributed by atoms with Crippen molar-refractivity contribution in [3.05, 3.63) is 99.9 Å². The van der Waals surface area contributed by atoms with E-state index >= 15 is 0 Å². The number of halogens is 2. The number of anilines is 1. The van der Waals surface area contributed by atoms with Gasteiger partial charge in [0.15, 0.2) is 0 Å². The molecule has 7 nitrogen and oxygen atoms in total. The van der Waals surface area contributed by atoms with Crippen molar-refractivity contribution < 1.29 is 4.79 Å². The molecule has 156 valence electrons. The Kier molecular flexibility index (Phi) is 6.45. The van der Waals surface area contributed by atoms with Gasteiger partial charge in [0.2, 0.25) is 5.91 Å². The Balaban J connectivity index is 1.38. The van der Waals surface area contributed by atoms with E-state index < -0.39 is 0 Å². The van der Waals surface area contributed by atoms with Crippen molar-refractivity contribution in [3.8, 4) is 0 Å². The van der Waals surface area contributed by atoms with Gasteiger partial charge in [0.05, 0.1) is 35.5 Å². The van der Waals surface area contributed by atoms with E-state index in [1.54, 1.807) is 40.0 Å². The lowest BCUT2D eigenvalue weighted by Gasteiger charge is -2.10. The van der Waals surface area contributed by atoms with E-state index in [0.29, 0.717) is 34.6 Å². The molecule has 0 saturated heterocycles. The van der Waals surface area contributed by atoms with Gasteiger partial charge in [-0.15, -0.1) is 5.10 Å². The SMILES string of the molecule is O=C(/C=C/c1cn(Cc2ccccc2)nn1)Nc1ccnn1Cc1cccc(Cl)c1Cl. The van der Waals surface area contributed by atoms with Gasteiger partial charge in [0.25, 0.3) is 0 Å². The van der Waals surface area contributed by atoms with Crippen LogP contribution in [0.5, 0.6) is 0 Å². The molecule has 0 saturated carbocycles. The molecule has 1 N–H and O–H groups in total. The number of carbonyl (C=O) groups is 1. The van der Waals surface area contributed by atoms with Gasteiger partial charge in [-0.3, -0.25) is 4.79 Å². The maximum atomic E-state index is 12.4. The first-order valence-corrected chi connectivity index (χ1v) is 10.2. The normalized spacial score (nSPS) is 11.2. The fourth-order valence-corrected chi connectivity index (χ4v) is 3.34. The zero-order valence-corrected chi connectivity index (χ0v) is 17.8. The first-order chi connectivity index (χ1) is 15.1. The molecule has 0 unspecified atom stereocenters. The number of benzene rings is 2. The molecule has 1 amide bonds. The van der Waals surface area contributed by atoms with Crippen molar-refractivity contribution in [1.82, 2.24) is 24.8 Å². The molecule has 4 aromatic rings. The van der Waals surface area contributed by atoms with Crippen molar-refractivity contribution >= 4 is 41.0 Å². The summed E-state index contributed by atoms with van der Waals surface area (Å²) in [6.45, 7) is 0.985. The second-order valence-electron chi connectivity index (χ2n) is 6.74. The smallest absolute Gasteiger partial charge is 0.249 e. The van der Waals surface area contributed by atoms with Crippen molar-refractivity contribution in [3.63, 3.8) is 0 Å². The lowest BCUT2D eigenvalue weighted by Crippen LogP contribution is -2.14. The minimum atomic E-state index is -0.309.